The van der Waals surface area contributed by atoms with E-state index in [1.54, 1.807) is 6.92 Å². The molecule has 3 nitrogen and oxygen atoms in total. The van der Waals surface area contributed by atoms with Crippen molar-refractivity contribution >= 4 is 0 Å². The first kappa shape index (κ1) is 5.03. The van der Waals surface area contributed by atoms with E-state index >= 15 is 0 Å². The normalized spacial score (nSPS) is 32.6. The first-order chi connectivity index (χ1) is 3.29. The molecule has 1 aliphatic rings. The summed E-state index contributed by atoms with van der Waals surface area (Å²) in [5, 5.41) is 8.46. The van der Waals surface area contributed by atoms with Crippen LogP contribution in [0.2, 0.25) is 0 Å². The van der Waals surface area contributed by atoms with Gasteiger partial charge in [0, 0.05) is 0 Å². The van der Waals surface area contributed by atoms with Gasteiger partial charge in [0.15, 0.2) is 12.6 Å². The molecule has 42 valence electrons. The highest BCUT2D eigenvalue weighted by atomic mass is 16.8. The monoisotopic (exact) mass is 104 g/mol. The van der Waals surface area contributed by atoms with Crippen LogP contribution in [0.4, 0.5) is 0 Å². The molecule has 0 spiro atoms. The van der Waals surface area contributed by atoms with Gasteiger partial charge in [0.05, 0.1) is 0 Å². The Morgan fingerprint density at radius 1 is 2.00 bits per heavy atom. The minimum atomic E-state index is -0.688. The summed E-state index contributed by atoms with van der Waals surface area (Å²) in [6, 6.07) is 0. The van der Waals surface area contributed by atoms with Crippen molar-refractivity contribution in [3.63, 3.8) is 0 Å². The van der Waals surface area contributed by atoms with Crippen LogP contribution in [-0.4, -0.2) is 24.3 Å². The van der Waals surface area contributed by atoms with Crippen LogP contribution in [-0.2, 0) is 9.47 Å². The highest BCUT2D eigenvalue weighted by Crippen LogP contribution is 2.11. The third-order valence-corrected chi connectivity index (χ3v) is 0.651. The van der Waals surface area contributed by atoms with Gasteiger partial charge in [-0.1, -0.05) is 0 Å². The molecule has 7 heavy (non-hydrogen) atoms. The summed E-state index contributed by atoms with van der Waals surface area (Å²) in [7, 11) is 0. The summed E-state index contributed by atoms with van der Waals surface area (Å²) in [6.07, 6.45) is -0.813. The molecule has 1 aliphatic heterocycles. The van der Waals surface area contributed by atoms with E-state index < -0.39 is 6.29 Å². The molecule has 3 heteroatoms. The molecule has 0 amide bonds. The Morgan fingerprint density at radius 2 is 2.57 bits per heavy atom. The average molecular weight is 104 g/mol. The summed E-state index contributed by atoms with van der Waals surface area (Å²) >= 11 is 0. The first-order valence-electron chi connectivity index (χ1n) is 2.24. The fraction of sp³-hybridized carbons (Fsp3) is 1.00. The van der Waals surface area contributed by atoms with Crippen molar-refractivity contribution in [2.24, 2.45) is 0 Å². The highest BCUT2D eigenvalue weighted by Gasteiger charge is 2.24. The van der Waals surface area contributed by atoms with Crippen molar-refractivity contribution in [1.82, 2.24) is 0 Å². The molecule has 1 saturated heterocycles. The van der Waals surface area contributed by atoms with Crippen LogP contribution in [0.5, 0.6) is 0 Å². The number of epoxide rings is 1. The lowest BCUT2D eigenvalue weighted by Gasteiger charge is -1.99. The van der Waals surface area contributed by atoms with E-state index in [1.807, 2.05) is 0 Å². The summed E-state index contributed by atoms with van der Waals surface area (Å²) in [5.41, 5.74) is 0. The molecule has 0 saturated carbocycles. The van der Waals surface area contributed by atoms with Gasteiger partial charge in [-0.2, -0.15) is 0 Å². The van der Waals surface area contributed by atoms with Crippen LogP contribution in [0.15, 0.2) is 0 Å². The predicted octanol–water partition coefficient (Wildman–Crippen LogP) is -0.302. The van der Waals surface area contributed by atoms with Gasteiger partial charge in [0.2, 0.25) is 0 Å². The maximum absolute atomic E-state index is 8.46. The van der Waals surface area contributed by atoms with Crippen LogP contribution >= 0.6 is 0 Å². The Labute approximate surface area is 41.8 Å². The van der Waals surface area contributed by atoms with E-state index in [2.05, 4.69) is 4.74 Å². The molecule has 2 unspecified atom stereocenters. The summed E-state index contributed by atoms with van der Waals surface area (Å²) in [4.78, 5) is 0. The van der Waals surface area contributed by atoms with Crippen molar-refractivity contribution < 1.29 is 14.6 Å². The molecular weight excluding hydrogens is 96.0 g/mol. The topological polar surface area (TPSA) is 42.0 Å². The Morgan fingerprint density at radius 3 is 2.71 bits per heavy atom. The SMILES string of the molecule is CC(O)OC1CO1. The number of aliphatic hydroxyl groups is 1. The van der Waals surface area contributed by atoms with Gasteiger partial charge in [0.25, 0.3) is 0 Å². The molecule has 0 aromatic heterocycles. The molecule has 0 aromatic carbocycles. The Kier molecular flexibility index (Phi) is 1.27. The summed E-state index contributed by atoms with van der Waals surface area (Å²) < 4.78 is 9.33. The molecule has 0 radical (unpaired) electrons. The third-order valence-electron chi connectivity index (χ3n) is 0.651. The Bertz CT molecular complexity index is 58.0. The Hall–Kier alpha value is -0.120. The van der Waals surface area contributed by atoms with Crippen molar-refractivity contribution in [1.29, 1.82) is 0 Å². The van der Waals surface area contributed by atoms with Gasteiger partial charge in [-0.3, -0.25) is 0 Å². The number of hydrogen-bond acceptors (Lipinski definition) is 3. The summed E-state index contributed by atoms with van der Waals surface area (Å²) in [5.74, 6) is 0. The zero-order chi connectivity index (χ0) is 5.28. The third kappa shape index (κ3) is 1.87. The first-order valence-corrected chi connectivity index (χ1v) is 2.24. The quantitative estimate of drug-likeness (QED) is 0.386. The zero-order valence-corrected chi connectivity index (χ0v) is 4.13. The van der Waals surface area contributed by atoms with E-state index in [9.17, 15) is 0 Å². The van der Waals surface area contributed by atoms with Crippen molar-refractivity contribution in [3.8, 4) is 0 Å². The molecule has 2 atom stereocenters. The van der Waals surface area contributed by atoms with E-state index in [4.69, 9.17) is 9.84 Å². The van der Waals surface area contributed by atoms with Crippen LogP contribution < -0.4 is 0 Å². The van der Waals surface area contributed by atoms with E-state index in [-0.39, 0.29) is 6.29 Å². The summed E-state index contributed by atoms with van der Waals surface area (Å²) in [6.45, 7) is 2.19. The fourth-order valence-corrected chi connectivity index (χ4v) is 0.338. The van der Waals surface area contributed by atoms with Crippen molar-refractivity contribution in [2.45, 2.75) is 19.5 Å². The van der Waals surface area contributed by atoms with Gasteiger partial charge in [0.1, 0.15) is 6.61 Å². The lowest BCUT2D eigenvalue weighted by Crippen LogP contribution is -2.07. The molecule has 0 aliphatic carbocycles. The lowest BCUT2D eigenvalue weighted by atomic mass is 10.7. The number of hydrogen-bond donors (Lipinski definition) is 1. The minimum Gasteiger partial charge on any atom is -0.368 e. The highest BCUT2D eigenvalue weighted by molar-refractivity contribution is 4.54. The second-order valence-corrected chi connectivity index (χ2v) is 1.50. The lowest BCUT2D eigenvalue weighted by molar-refractivity contribution is -0.120. The molecule has 0 bridgehead atoms. The van der Waals surface area contributed by atoms with Gasteiger partial charge in [-0.05, 0) is 6.92 Å². The fourth-order valence-electron chi connectivity index (χ4n) is 0.338. The maximum Gasteiger partial charge on any atom is 0.184 e. The molecular formula is C4H8O3. The Balaban J connectivity index is 1.97. The average Bonchev–Trinajstić information content (AvgIpc) is 2.17. The van der Waals surface area contributed by atoms with Crippen LogP contribution in [0, 0.1) is 0 Å². The van der Waals surface area contributed by atoms with Crippen LogP contribution in [0.3, 0.4) is 0 Å². The molecule has 1 rings (SSSR count). The van der Waals surface area contributed by atoms with E-state index in [1.165, 1.54) is 0 Å². The molecule has 0 aromatic rings. The van der Waals surface area contributed by atoms with Crippen molar-refractivity contribution in [3.05, 3.63) is 0 Å². The molecule has 1 heterocycles. The number of aliphatic hydroxyl groups excluding tert-OH is 1. The minimum absolute atomic E-state index is 0.125. The molecule has 1 fully saturated rings. The van der Waals surface area contributed by atoms with Gasteiger partial charge in [-0.15, -0.1) is 0 Å². The maximum atomic E-state index is 8.46. The number of rotatable bonds is 2. The van der Waals surface area contributed by atoms with Crippen molar-refractivity contribution in [2.75, 3.05) is 6.61 Å². The predicted molar refractivity (Wildman–Crippen MR) is 22.5 cm³/mol. The van der Waals surface area contributed by atoms with E-state index in [0.717, 1.165) is 0 Å². The molecule has 1 N–H and O–H groups in total. The van der Waals surface area contributed by atoms with Gasteiger partial charge in [-0.25, -0.2) is 0 Å². The number of ether oxygens (including phenoxy) is 2. The second kappa shape index (κ2) is 1.78. The zero-order valence-electron chi connectivity index (χ0n) is 4.13. The van der Waals surface area contributed by atoms with Crippen LogP contribution in [0.25, 0.3) is 0 Å². The van der Waals surface area contributed by atoms with Crippen LogP contribution in [0.1, 0.15) is 6.92 Å². The second-order valence-electron chi connectivity index (χ2n) is 1.50. The van der Waals surface area contributed by atoms with Gasteiger partial charge >= 0.3 is 0 Å². The largest absolute Gasteiger partial charge is 0.368 e. The van der Waals surface area contributed by atoms with Gasteiger partial charge < -0.3 is 14.6 Å². The smallest absolute Gasteiger partial charge is 0.184 e. The standard InChI is InChI=1S/C4H8O3/c1-3(5)7-4-2-6-4/h3-5H,2H2,1H3. The van der Waals surface area contributed by atoms with E-state index in [0.29, 0.717) is 6.61 Å².